The fourth-order valence-corrected chi connectivity index (χ4v) is 3.48. The highest BCUT2D eigenvalue weighted by Gasteiger charge is 2.10. The summed E-state index contributed by atoms with van der Waals surface area (Å²) in [6.45, 7) is 9.54. The van der Waals surface area contributed by atoms with Gasteiger partial charge in [0.2, 0.25) is 0 Å². The summed E-state index contributed by atoms with van der Waals surface area (Å²) in [6, 6.07) is 0. The monoisotopic (exact) mass is 438 g/mol. The molecule has 0 aliphatic heterocycles. The minimum Gasteiger partial charge on any atom is -0.466 e. The topological polar surface area (TPSA) is 52.6 Å². The van der Waals surface area contributed by atoms with Crippen molar-refractivity contribution in [3.8, 4) is 0 Å². The van der Waals surface area contributed by atoms with E-state index in [1.165, 1.54) is 63.4 Å². The molecular formula is C27H50O4. The molecule has 0 radical (unpaired) electrons. The van der Waals surface area contributed by atoms with Crippen LogP contribution in [0.15, 0.2) is 11.6 Å². The first-order valence-electron chi connectivity index (χ1n) is 12.9. The fraction of sp³-hybridized carbons (Fsp3) is 0.852. The van der Waals surface area contributed by atoms with Crippen molar-refractivity contribution in [1.29, 1.82) is 0 Å². The summed E-state index contributed by atoms with van der Waals surface area (Å²) in [6.07, 6.45) is 19.5. The molecule has 0 bridgehead atoms. The number of hydrogen-bond donors (Lipinski definition) is 0. The largest absolute Gasteiger partial charge is 0.466 e. The van der Waals surface area contributed by atoms with Crippen LogP contribution in [0.4, 0.5) is 0 Å². The smallest absolute Gasteiger partial charge is 0.306 e. The molecule has 0 spiro atoms. The van der Waals surface area contributed by atoms with Crippen LogP contribution in [0.3, 0.4) is 0 Å². The first kappa shape index (κ1) is 29.7. The highest BCUT2D eigenvalue weighted by Crippen LogP contribution is 2.13. The van der Waals surface area contributed by atoms with Crippen molar-refractivity contribution in [2.24, 2.45) is 5.92 Å². The normalized spacial score (nSPS) is 11.7. The summed E-state index contributed by atoms with van der Waals surface area (Å²) in [5, 5.41) is 0. The van der Waals surface area contributed by atoms with E-state index in [9.17, 15) is 9.59 Å². The quantitative estimate of drug-likeness (QED) is 0.104. The lowest BCUT2D eigenvalue weighted by molar-refractivity contribution is -0.150. The molecule has 0 saturated carbocycles. The Bertz CT molecular complexity index is 466. The zero-order valence-corrected chi connectivity index (χ0v) is 21.0. The van der Waals surface area contributed by atoms with Gasteiger partial charge in [-0.2, -0.15) is 0 Å². The Kier molecular flexibility index (Phi) is 21.0. The van der Waals surface area contributed by atoms with Gasteiger partial charge in [0.1, 0.15) is 0 Å². The third kappa shape index (κ3) is 23.2. The Morgan fingerprint density at radius 3 is 1.71 bits per heavy atom. The lowest BCUT2D eigenvalue weighted by Crippen LogP contribution is -2.12. The van der Waals surface area contributed by atoms with Crippen LogP contribution in [0.2, 0.25) is 0 Å². The van der Waals surface area contributed by atoms with E-state index < -0.39 is 0 Å². The molecule has 0 aromatic heterocycles. The van der Waals surface area contributed by atoms with Crippen LogP contribution in [0.1, 0.15) is 130 Å². The minimum atomic E-state index is -0.303. The number of rotatable bonds is 21. The summed E-state index contributed by atoms with van der Waals surface area (Å²) in [5.74, 6) is -0.0681. The van der Waals surface area contributed by atoms with Crippen molar-refractivity contribution in [2.45, 2.75) is 130 Å². The van der Waals surface area contributed by atoms with E-state index in [0.717, 1.165) is 32.1 Å². The van der Waals surface area contributed by atoms with Gasteiger partial charge < -0.3 is 9.47 Å². The van der Waals surface area contributed by atoms with Crippen molar-refractivity contribution in [2.75, 3.05) is 13.2 Å². The molecule has 0 aliphatic rings. The summed E-state index contributed by atoms with van der Waals surface area (Å²) >= 11 is 0. The second-order valence-electron chi connectivity index (χ2n) is 9.23. The van der Waals surface area contributed by atoms with Gasteiger partial charge >= 0.3 is 11.9 Å². The highest BCUT2D eigenvalue weighted by molar-refractivity contribution is 5.77. The SMILES string of the molecule is CCCCCCCCCCCCCOC(=O)CCC(=O)OCCC(C)CCC=C(C)C. The van der Waals surface area contributed by atoms with Crippen molar-refractivity contribution in [3.05, 3.63) is 11.6 Å². The van der Waals surface area contributed by atoms with Crippen LogP contribution in [0.5, 0.6) is 0 Å². The maximum absolute atomic E-state index is 11.8. The molecule has 0 aromatic carbocycles. The van der Waals surface area contributed by atoms with E-state index >= 15 is 0 Å². The van der Waals surface area contributed by atoms with Gasteiger partial charge in [-0.3, -0.25) is 9.59 Å². The number of carbonyl (C=O) groups excluding carboxylic acids is 2. The Morgan fingerprint density at radius 2 is 1.19 bits per heavy atom. The third-order valence-electron chi connectivity index (χ3n) is 5.63. The van der Waals surface area contributed by atoms with Gasteiger partial charge in [0, 0.05) is 0 Å². The molecule has 0 heterocycles. The second-order valence-corrected chi connectivity index (χ2v) is 9.23. The Morgan fingerprint density at radius 1 is 0.710 bits per heavy atom. The first-order valence-corrected chi connectivity index (χ1v) is 12.9. The molecule has 1 atom stereocenters. The van der Waals surface area contributed by atoms with Crippen LogP contribution in [-0.4, -0.2) is 25.2 Å². The number of esters is 2. The number of unbranched alkanes of at least 4 members (excludes halogenated alkanes) is 10. The molecule has 0 aliphatic carbocycles. The maximum Gasteiger partial charge on any atom is 0.306 e. The summed E-state index contributed by atoms with van der Waals surface area (Å²) in [7, 11) is 0. The van der Waals surface area contributed by atoms with E-state index in [-0.39, 0.29) is 24.8 Å². The third-order valence-corrected chi connectivity index (χ3v) is 5.63. The van der Waals surface area contributed by atoms with Crippen molar-refractivity contribution in [3.63, 3.8) is 0 Å². The van der Waals surface area contributed by atoms with E-state index in [2.05, 4.69) is 33.8 Å². The number of ether oxygens (including phenoxy) is 2. The van der Waals surface area contributed by atoms with Crippen LogP contribution in [-0.2, 0) is 19.1 Å². The number of carbonyl (C=O) groups is 2. The molecule has 0 rings (SSSR count). The molecule has 4 heteroatoms. The molecule has 0 aromatic rings. The lowest BCUT2D eigenvalue weighted by atomic mass is 10.0. The van der Waals surface area contributed by atoms with Gasteiger partial charge in [0.15, 0.2) is 0 Å². The van der Waals surface area contributed by atoms with Crippen LogP contribution < -0.4 is 0 Å². The molecule has 1 unspecified atom stereocenters. The molecule has 0 fully saturated rings. The summed E-state index contributed by atoms with van der Waals surface area (Å²) in [4.78, 5) is 23.5. The fourth-order valence-electron chi connectivity index (χ4n) is 3.48. The lowest BCUT2D eigenvalue weighted by Gasteiger charge is -2.10. The van der Waals surface area contributed by atoms with E-state index in [1.807, 2.05) is 0 Å². The van der Waals surface area contributed by atoms with E-state index in [4.69, 9.17) is 9.47 Å². The molecule has 31 heavy (non-hydrogen) atoms. The maximum atomic E-state index is 11.8. The van der Waals surface area contributed by atoms with Gasteiger partial charge in [-0.25, -0.2) is 0 Å². The zero-order valence-electron chi connectivity index (χ0n) is 21.0. The molecule has 4 nitrogen and oxygen atoms in total. The van der Waals surface area contributed by atoms with E-state index in [1.54, 1.807) is 0 Å². The predicted molar refractivity (Wildman–Crippen MR) is 130 cm³/mol. The number of allylic oxidation sites excluding steroid dienone is 2. The van der Waals surface area contributed by atoms with Crippen LogP contribution in [0, 0.1) is 5.92 Å². The zero-order chi connectivity index (χ0) is 23.2. The van der Waals surface area contributed by atoms with Crippen LogP contribution in [0.25, 0.3) is 0 Å². The average molecular weight is 439 g/mol. The van der Waals surface area contributed by atoms with Gasteiger partial charge in [-0.1, -0.05) is 89.7 Å². The Hall–Kier alpha value is -1.32. The molecule has 0 saturated heterocycles. The highest BCUT2D eigenvalue weighted by atomic mass is 16.5. The Labute approximate surface area is 192 Å². The Balaban J connectivity index is 3.45. The van der Waals surface area contributed by atoms with Gasteiger partial charge in [0.25, 0.3) is 0 Å². The molecule has 182 valence electrons. The van der Waals surface area contributed by atoms with Gasteiger partial charge in [-0.15, -0.1) is 0 Å². The molecule has 0 N–H and O–H groups in total. The van der Waals surface area contributed by atoms with E-state index in [0.29, 0.717) is 19.1 Å². The summed E-state index contributed by atoms with van der Waals surface area (Å²) in [5.41, 5.74) is 1.34. The second kappa shape index (κ2) is 21.9. The number of hydrogen-bond acceptors (Lipinski definition) is 4. The average Bonchev–Trinajstić information content (AvgIpc) is 2.72. The van der Waals surface area contributed by atoms with Crippen molar-refractivity contribution >= 4 is 11.9 Å². The molecular weight excluding hydrogens is 388 g/mol. The minimum absolute atomic E-state index is 0.114. The van der Waals surface area contributed by atoms with Gasteiger partial charge in [0.05, 0.1) is 26.1 Å². The summed E-state index contributed by atoms with van der Waals surface area (Å²) < 4.78 is 10.5. The first-order chi connectivity index (χ1) is 15.0. The van der Waals surface area contributed by atoms with Crippen molar-refractivity contribution < 1.29 is 19.1 Å². The van der Waals surface area contributed by atoms with Gasteiger partial charge in [-0.05, 0) is 45.4 Å². The van der Waals surface area contributed by atoms with Crippen molar-refractivity contribution in [1.82, 2.24) is 0 Å². The predicted octanol–water partition coefficient (Wildman–Crippen LogP) is 7.94. The standard InChI is InChI=1S/C27H50O4/c1-5-6-7-8-9-10-11-12-13-14-15-22-30-26(28)19-20-27(29)31-23-21-25(4)18-16-17-24(2)3/h17,25H,5-16,18-23H2,1-4H3. The van der Waals surface area contributed by atoms with Crippen LogP contribution >= 0.6 is 0 Å². The molecule has 0 amide bonds.